The fourth-order valence-electron chi connectivity index (χ4n) is 2.80. The van der Waals surface area contributed by atoms with E-state index in [1.54, 1.807) is 0 Å². The van der Waals surface area contributed by atoms with E-state index in [1.165, 1.54) is 0 Å². The van der Waals surface area contributed by atoms with Gasteiger partial charge < -0.3 is 19.3 Å². The molecule has 0 N–H and O–H groups in total. The largest absolute Gasteiger partial charge is 0.347 e. The Morgan fingerprint density at radius 2 is 1.68 bits per heavy atom. The molecule has 122 valence electrons. The molecule has 2 aliphatic rings. The summed E-state index contributed by atoms with van der Waals surface area (Å²) in [7, 11) is 3.91. The molecule has 7 heteroatoms. The summed E-state index contributed by atoms with van der Waals surface area (Å²) < 4.78 is 11.6. The van der Waals surface area contributed by atoms with Crippen LogP contribution in [-0.2, 0) is 9.47 Å². The number of hydrogen-bond acceptors (Lipinski definition) is 7. The fraction of sp³-hybridized carbons (Fsp3) is 0.800. The van der Waals surface area contributed by atoms with Crippen LogP contribution in [0.5, 0.6) is 0 Å². The van der Waals surface area contributed by atoms with Crippen LogP contribution >= 0.6 is 0 Å². The van der Waals surface area contributed by atoms with Crippen molar-refractivity contribution in [3.8, 4) is 0 Å². The molecule has 0 aliphatic carbocycles. The average Bonchev–Trinajstić information content (AvgIpc) is 2.95. The van der Waals surface area contributed by atoms with Gasteiger partial charge in [-0.15, -0.1) is 0 Å². The summed E-state index contributed by atoms with van der Waals surface area (Å²) in [6.45, 7) is 7.29. The summed E-state index contributed by atoms with van der Waals surface area (Å²) in [6, 6.07) is 0. The van der Waals surface area contributed by atoms with Gasteiger partial charge in [0.1, 0.15) is 5.82 Å². The molecule has 0 radical (unpaired) electrons. The van der Waals surface area contributed by atoms with E-state index in [4.69, 9.17) is 9.47 Å². The van der Waals surface area contributed by atoms with Gasteiger partial charge in [-0.25, -0.2) is 0 Å². The van der Waals surface area contributed by atoms with E-state index in [-0.39, 0.29) is 11.7 Å². The quantitative estimate of drug-likeness (QED) is 0.836. The van der Waals surface area contributed by atoms with E-state index >= 15 is 0 Å². The zero-order chi connectivity index (χ0) is 15.7. The molecule has 1 aromatic rings. The lowest BCUT2D eigenvalue weighted by atomic mass is 10.0. The van der Waals surface area contributed by atoms with E-state index in [1.807, 2.05) is 19.0 Å². The lowest BCUT2D eigenvalue weighted by Crippen LogP contribution is -2.46. The number of ether oxygens (including phenoxy) is 2. The van der Waals surface area contributed by atoms with Crippen LogP contribution in [0.3, 0.4) is 0 Å². The molecule has 2 aliphatic heterocycles. The highest BCUT2D eigenvalue weighted by molar-refractivity contribution is 5.39. The van der Waals surface area contributed by atoms with Gasteiger partial charge in [-0.05, 0) is 0 Å². The lowest BCUT2D eigenvalue weighted by molar-refractivity contribution is -0.169. The zero-order valence-electron chi connectivity index (χ0n) is 13.9. The second-order valence-corrected chi connectivity index (χ2v) is 6.44. The third-order valence-corrected chi connectivity index (χ3v) is 4.17. The first-order valence-electron chi connectivity index (χ1n) is 7.95. The number of anilines is 2. The van der Waals surface area contributed by atoms with Crippen molar-refractivity contribution in [1.82, 2.24) is 15.0 Å². The van der Waals surface area contributed by atoms with Crippen molar-refractivity contribution in [2.24, 2.45) is 0 Å². The van der Waals surface area contributed by atoms with Gasteiger partial charge in [-0.3, -0.25) is 0 Å². The van der Waals surface area contributed by atoms with Gasteiger partial charge in [0.05, 0.1) is 13.2 Å². The highest BCUT2D eigenvalue weighted by Gasteiger charge is 2.40. The Labute approximate surface area is 131 Å². The normalized spacial score (nSPS) is 20.9. The Kier molecular flexibility index (Phi) is 4.18. The van der Waals surface area contributed by atoms with Crippen LogP contribution in [0, 0.1) is 0 Å². The van der Waals surface area contributed by atoms with Crippen LogP contribution in [0.1, 0.15) is 38.4 Å². The second kappa shape index (κ2) is 5.96. The molecule has 0 saturated carbocycles. The van der Waals surface area contributed by atoms with Crippen molar-refractivity contribution in [3.63, 3.8) is 0 Å². The van der Waals surface area contributed by atoms with Gasteiger partial charge in [-0.1, -0.05) is 13.8 Å². The Morgan fingerprint density at radius 3 is 2.23 bits per heavy atom. The van der Waals surface area contributed by atoms with E-state index in [0.717, 1.165) is 37.7 Å². The van der Waals surface area contributed by atoms with Crippen LogP contribution in [-0.4, -0.2) is 61.1 Å². The summed E-state index contributed by atoms with van der Waals surface area (Å²) >= 11 is 0. The van der Waals surface area contributed by atoms with Gasteiger partial charge in [0, 0.05) is 45.9 Å². The number of piperidine rings is 1. The molecular weight excluding hydrogens is 282 g/mol. The van der Waals surface area contributed by atoms with Crippen molar-refractivity contribution >= 4 is 11.9 Å². The molecule has 0 bridgehead atoms. The third-order valence-electron chi connectivity index (χ3n) is 4.17. The molecule has 0 amide bonds. The third kappa shape index (κ3) is 3.01. The fourth-order valence-corrected chi connectivity index (χ4v) is 2.80. The summed E-state index contributed by atoms with van der Waals surface area (Å²) in [5.41, 5.74) is 0. The first kappa shape index (κ1) is 15.4. The predicted octanol–water partition coefficient (Wildman–Crippen LogP) is 1.40. The molecule has 3 rings (SSSR count). The zero-order valence-corrected chi connectivity index (χ0v) is 13.9. The second-order valence-electron chi connectivity index (χ2n) is 6.44. The summed E-state index contributed by atoms with van der Waals surface area (Å²) in [5.74, 6) is 2.22. The number of rotatable bonds is 3. The molecule has 0 aromatic carbocycles. The summed E-state index contributed by atoms with van der Waals surface area (Å²) in [6.07, 6.45) is 1.71. The molecule has 22 heavy (non-hydrogen) atoms. The van der Waals surface area contributed by atoms with Crippen LogP contribution in [0.25, 0.3) is 0 Å². The van der Waals surface area contributed by atoms with E-state index in [0.29, 0.717) is 19.2 Å². The maximum Gasteiger partial charge on any atom is 0.230 e. The lowest BCUT2D eigenvalue weighted by Gasteiger charge is -2.37. The molecule has 7 nitrogen and oxygen atoms in total. The molecule has 3 heterocycles. The van der Waals surface area contributed by atoms with Crippen LogP contribution < -0.4 is 9.80 Å². The SMILES string of the molecule is CC(C)c1nc(N(C)C)nc(N2CCC3(CC2)OCCO3)n1. The van der Waals surface area contributed by atoms with Crippen molar-refractivity contribution in [2.75, 3.05) is 50.2 Å². The van der Waals surface area contributed by atoms with Crippen molar-refractivity contribution in [1.29, 1.82) is 0 Å². The minimum Gasteiger partial charge on any atom is -0.347 e. The predicted molar refractivity (Wildman–Crippen MR) is 84.3 cm³/mol. The first-order chi connectivity index (χ1) is 10.5. The number of aromatic nitrogens is 3. The summed E-state index contributed by atoms with van der Waals surface area (Å²) in [4.78, 5) is 17.9. The van der Waals surface area contributed by atoms with Gasteiger partial charge in [0.25, 0.3) is 0 Å². The standard InChI is InChI=1S/C15H25N5O2/c1-11(2)12-16-13(19(3)4)18-14(17-12)20-7-5-15(6-8-20)21-9-10-22-15/h11H,5-10H2,1-4H3. The van der Waals surface area contributed by atoms with E-state index in [2.05, 4.69) is 33.7 Å². The maximum absolute atomic E-state index is 5.78. The van der Waals surface area contributed by atoms with Crippen LogP contribution in [0.2, 0.25) is 0 Å². The number of hydrogen-bond donors (Lipinski definition) is 0. The smallest absolute Gasteiger partial charge is 0.230 e. The van der Waals surface area contributed by atoms with E-state index in [9.17, 15) is 0 Å². The molecule has 0 unspecified atom stereocenters. The van der Waals surface area contributed by atoms with Gasteiger partial charge in [-0.2, -0.15) is 15.0 Å². The van der Waals surface area contributed by atoms with E-state index < -0.39 is 0 Å². The monoisotopic (exact) mass is 307 g/mol. The Hall–Kier alpha value is -1.47. The minimum atomic E-state index is -0.366. The highest BCUT2D eigenvalue weighted by atomic mass is 16.7. The van der Waals surface area contributed by atoms with Crippen molar-refractivity contribution in [3.05, 3.63) is 5.82 Å². The van der Waals surface area contributed by atoms with Crippen molar-refractivity contribution < 1.29 is 9.47 Å². The molecule has 1 aromatic heterocycles. The van der Waals surface area contributed by atoms with Gasteiger partial charge in [0.2, 0.25) is 11.9 Å². The minimum absolute atomic E-state index is 0.276. The molecule has 2 saturated heterocycles. The van der Waals surface area contributed by atoms with Crippen LogP contribution in [0.15, 0.2) is 0 Å². The van der Waals surface area contributed by atoms with Gasteiger partial charge >= 0.3 is 0 Å². The Bertz CT molecular complexity index is 492. The molecule has 2 fully saturated rings. The van der Waals surface area contributed by atoms with Gasteiger partial charge in [0.15, 0.2) is 5.79 Å². The molecule has 0 atom stereocenters. The highest BCUT2D eigenvalue weighted by Crippen LogP contribution is 2.32. The maximum atomic E-state index is 5.78. The molecule has 1 spiro atoms. The number of nitrogens with zero attached hydrogens (tertiary/aromatic N) is 5. The first-order valence-corrected chi connectivity index (χ1v) is 7.95. The van der Waals surface area contributed by atoms with Crippen LogP contribution in [0.4, 0.5) is 11.9 Å². The topological polar surface area (TPSA) is 63.6 Å². The summed E-state index contributed by atoms with van der Waals surface area (Å²) in [5, 5.41) is 0. The van der Waals surface area contributed by atoms with Crippen molar-refractivity contribution in [2.45, 2.75) is 38.4 Å². The Morgan fingerprint density at radius 1 is 1.05 bits per heavy atom. The molecular formula is C15H25N5O2. The Balaban J connectivity index is 1.79. The average molecular weight is 307 g/mol.